The number of hydrogen-bond donors (Lipinski definition) is 0. The third-order valence-electron chi connectivity index (χ3n) is 8.03. The van der Waals surface area contributed by atoms with Crippen molar-refractivity contribution >= 4 is 38.6 Å². The first kappa shape index (κ1) is 35.5. The number of aromatic nitrogens is 1. The number of likely N-dealkylation sites (N-methyl/N-ethyl adjacent to an activating group) is 1. The molecule has 1 fully saturated rings. The number of hydrogen-bond acceptors (Lipinski definition) is 8. The van der Waals surface area contributed by atoms with Gasteiger partial charge in [-0.15, -0.1) is 0 Å². The summed E-state index contributed by atoms with van der Waals surface area (Å²) in [5.74, 6) is -0.297. The number of nitrogens with zero attached hydrogens (tertiary/aromatic N) is 4. The number of amides is 2. The van der Waals surface area contributed by atoms with E-state index in [-0.39, 0.29) is 36.1 Å². The maximum absolute atomic E-state index is 14.0. The number of anilines is 1. The molecule has 0 aliphatic carbocycles. The van der Waals surface area contributed by atoms with Crippen molar-refractivity contribution < 1.29 is 40.1 Å². The van der Waals surface area contributed by atoms with Crippen LogP contribution in [0.5, 0.6) is 5.75 Å². The molecule has 49 heavy (non-hydrogen) atoms. The van der Waals surface area contributed by atoms with Gasteiger partial charge in [0.15, 0.2) is 0 Å². The first-order valence-electron chi connectivity index (χ1n) is 15.5. The molecule has 0 bridgehead atoms. The number of halogens is 3. The largest absolute Gasteiger partial charge is 0.444 e. The second-order valence-corrected chi connectivity index (χ2v) is 14.2. The lowest BCUT2D eigenvalue weighted by molar-refractivity contribution is -0.137. The van der Waals surface area contributed by atoms with E-state index < -0.39 is 39.6 Å². The zero-order valence-electron chi connectivity index (χ0n) is 27.5. The van der Waals surface area contributed by atoms with Crippen molar-refractivity contribution in [3.8, 4) is 5.75 Å². The second-order valence-electron chi connectivity index (χ2n) is 12.7. The second kappa shape index (κ2) is 13.9. The highest BCUT2D eigenvalue weighted by molar-refractivity contribution is 7.87. The predicted molar refractivity (Wildman–Crippen MR) is 178 cm³/mol. The van der Waals surface area contributed by atoms with E-state index in [0.717, 1.165) is 12.1 Å². The summed E-state index contributed by atoms with van der Waals surface area (Å²) >= 11 is 0. The molecule has 1 aromatic heterocycles. The number of pyridine rings is 1. The molecule has 0 saturated carbocycles. The molecule has 1 aliphatic rings. The molecule has 0 spiro atoms. The number of benzene rings is 3. The summed E-state index contributed by atoms with van der Waals surface area (Å²) in [4.78, 5) is 35.7. The number of carbonyl (C=O) groups is 2. The van der Waals surface area contributed by atoms with E-state index in [2.05, 4.69) is 4.98 Å². The van der Waals surface area contributed by atoms with E-state index in [9.17, 15) is 31.2 Å². The van der Waals surface area contributed by atoms with Gasteiger partial charge in [0.25, 0.3) is 0 Å². The van der Waals surface area contributed by atoms with Crippen molar-refractivity contribution in [2.45, 2.75) is 49.9 Å². The van der Waals surface area contributed by atoms with Crippen molar-refractivity contribution in [3.05, 3.63) is 96.3 Å². The third kappa shape index (κ3) is 8.60. The van der Waals surface area contributed by atoms with Crippen LogP contribution in [-0.4, -0.2) is 80.1 Å². The molecule has 10 nitrogen and oxygen atoms in total. The Morgan fingerprint density at radius 2 is 1.61 bits per heavy atom. The summed E-state index contributed by atoms with van der Waals surface area (Å²) in [5, 5.41) is 1.11. The summed E-state index contributed by atoms with van der Waals surface area (Å²) in [6.45, 7) is 6.18. The van der Waals surface area contributed by atoms with E-state index in [4.69, 9.17) is 8.92 Å². The maximum atomic E-state index is 14.0. The number of ether oxygens (including phenoxy) is 1. The number of rotatable bonds is 8. The van der Waals surface area contributed by atoms with Gasteiger partial charge in [0, 0.05) is 68.5 Å². The van der Waals surface area contributed by atoms with Gasteiger partial charge in [0.2, 0.25) is 5.91 Å². The van der Waals surface area contributed by atoms with Crippen LogP contribution in [-0.2, 0) is 32.2 Å². The summed E-state index contributed by atoms with van der Waals surface area (Å²) < 4.78 is 77.2. The van der Waals surface area contributed by atoms with Crippen molar-refractivity contribution in [2.75, 3.05) is 38.1 Å². The highest BCUT2D eigenvalue weighted by atomic mass is 32.2. The Labute approximate surface area is 283 Å². The van der Waals surface area contributed by atoms with E-state index in [1.165, 1.54) is 42.4 Å². The molecule has 3 aromatic carbocycles. The van der Waals surface area contributed by atoms with Gasteiger partial charge < -0.3 is 18.7 Å². The quantitative estimate of drug-likeness (QED) is 0.202. The van der Waals surface area contributed by atoms with Crippen molar-refractivity contribution in [1.29, 1.82) is 0 Å². The molecule has 1 atom stereocenters. The fraction of sp³-hybridized carbons (Fsp3) is 0.343. The summed E-state index contributed by atoms with van der Waals surface area (Å²) in [6.07, 6.45) is -2.04. The normalized spacial score (nSPS) is 14.8. The summed E-state index contributed by atoms with van der Waals surface area (Å²) in [6, 6.07) is 16.7. The highest BCUT2D eigenvalue weighted by Crippen LogP contribution is 2.32. The first-order valence-corrected chi connectivity index (χ1v) is 17.0. The van der Waals surface area contributed by atoms with Crippen molar-refractivity contribution in [3.63, 3.8) is 0 Å². The van der Waals surface area contributed by atoms with Gasteiger partial charge in [0.05, 0.1) is 5.56 Å². The standard InChI is InChI=1S/C35H37F3N4O6S/c1-34(2,3)47-33(44)40(4)30(32(43)42-19-17-41(18-20-42)27-9-6-8-26(22-27)35(36,37)38)21-24-11-13-28(14-12-24)48-49(45,46)31-10-5-7-25-23-39-16-15-29(25)31/h5-16,22-23,30H,17-21H2,1-4H3/t30-/m0/s1. The van der Waals surface area contributed by atoms with Gasteiger partial charge in [-0.2, -0.15) is 21.6 Å². The van der Waals surface area contributed by atoms with Gasteiger partial charge in [-0.3, -0.25) is 14.7 Å². The van der Waals surface area contributed by atoms with Gasteiger partial charge in [-0.25, -0.2) is 4.79 Å². The van der Waals surface area contributed by atoms with Crippen LogP contribution < -0.4 is 9.08 Å². The number of piperazine rings is 1. The van der Waals surface area contributed by atoms with Crippen LogP contribution in [0.1, 0.15) is 31.9 Å². The molecule has 0 unspecified atom stereocenters. The molecule has 0 radical (unpaired) electrons. The molecule has 5 rings (SSSR count). The molecule has 2 heterocycles. The molecule has 2 amide bonds. The molecule has 0 N–H and O–H groups in total. The van der Waals surface area contributed by atoms with Crippen LogP contribution in [0.3, 0.4) is 0 Å². The highest BCUT2D eigenvalue weighted by Gasteiger charge is 2.35. The van der Waals surface area contributed by atoms with Crippen molar-refractivity contribution in [1.82, 2.24) is 14.8 Å². The first-order chi connectivity index (χ1) is 23.0. The minimum absolute atomic E-state index is 0.00530. The average molecular weight is 699 g/mol. The zero-order valence-corrected chi connectivity index (χ0v) is 28.3. The third-order valence-corrected chi connectivity index (χ3v) is 9.34. The number of alkyl halides is 3. The van der Waals surface area contributed by atoms with Gasteiger partial charge in [-0.1, -0.05) is 30.3 Å². The van der Waals surface area contributed by atoms with E-state index in [1.54, 1.807) is 73.2 Å². The number of carbonyl (C=O) groups excluding carboxylic acids is 2. The zero-order chi connectivity index (χ0) is 35.6. The molecule has 4 aromatic rings. The minimum Gasteiger partial charge on any atom is -0.444 e. The van der Waals surface area contributed by atoms with E-state index >= 15 is 0 Å². The maximum Gasteiger partial charge on any atom is 0.416 e. The van der Waals surface area contributed by atoms with Crippen LogP contribution in [0.15, 0.2) is 90.1 Å². The topological polar surface area (TPSA) is 109 Å². The lowest BCUT2D eigenvalue weighted by Gasteiger charge is -2.39. The van der Waals surface area contributed by atoms with Crippen molar-refractivity contribution in [2.24, 2.45) is 0 Å². The smallest absolute Gasteiger partial charge is 0.416 e. The van der Waals surface area contributed by atoms with Crippen LogP contribution in [0.25, 0.3) is 10.8 Å². The Morgan fingerprint density at radius 3 is 2.27 bits per heavy atom. The Balaban J connectivity index is 1.31. The monoisotopic (exact) mass is 698 g/mol. The fourth-order valence-corrected chi connectivity index (χ4v) is 6.67. The van der Waals surface area contributed by atoms with E-state index in [1.807, 2.05) is 0 Å². The Kier molecular flexibility index (Phi) is 10.1. The summed E-state index contributed by atoms with van der Waals surface area (Å²) in [5.41, 5.74) is -0.535. The molecule has 260 valence electrons. The van der Waals surface area contributed by atoms with Gasteiger partial charge in [0.1, 0.15) is 22.3 Å². The minimum atomic E-state index is -4.47. The van der Waals surface area contributed by atoms with Crippen LogP contribution in [0.4, 0.5) is 23.7 Å². The Morgan fingerprint density at radius 1 is 0.939 bits per heavy atom. The molecular formula is C35H37F3N4O6S. The van der Waals surface area contributed by atoms with E-state index in [0.29, 0.717) is 35.1 Å². The molecule has 14 heteroatoms. The average Bonchev–Trinajstić information content (AvgIpc) is 3.06. The molecule has 1 aliphatic heterocycles. The van der Waals surface area contributed by atoms with Crippen LogP contribution in [0.2, 0.25) is 0 Å². The predicted octanol–water partition coefficient (Wildman–Crippen LogP) is 6.15. The molecule has 1 saturated heterocycles. The summed E-state index contributed by atoms with van der Waals surface area (Å²) in [7, 11) is -2.73. The number of fused-ring (bicyclic) bond motifs is 1. The lowest BCUT2D eigenvalue weighted by Crippen LogP contribution is -2.56. The Bertz CT molecular complexity index is 1920. The van der Waals surface area contributed by atoms with Crippen LogP contribution >= 0.6 is 0 Å². The SMILES string of the molecule is CN(C(=O)OC(C)(C)C)[C@@H](Cc1ccc(OS(=O)(=O)c2cccc3cnccc23)cc1)C(=O)N1CCN(c2cccc(C(F)(F)F)c2)CC1. The van der Waals surface area contributed by atoms with Gasteiger partial charge in [-0.05, 0) is 68.8 Å². The Hall–Kier alpha value is -4.85. The lowest BCUT2D eigenvalue weighted by atomic mass is 10.0. The van der Waals surface area contributed by atoms with Crippen LogP contribution in [0, 0.1) is 0 Å². The van der Waals surface area contributed by atoms with Gasteiger partial charge >= 0.3 is 22.4 Å². The fourth-order valence-electron chi connectivity index (χ4n) is 5.51. The molecular weight excluding hydrogens is 661 g/mol.